The van der Waals surface area contributed by atoms with Crippen molar-refractivity contribution in [1.82, 2.24) is 4.98 Å². The first-order chi connectivity index (χ1) is 17.5. The molecule has 4 rings (SSSR count). The Bertz CT molecular complexity index is 1330. The maximum atomic E-state index is 13.1. The smallest absolute Gasteiger partial charge is 0.339 e. The number of unbranched alkanes of at least 4 members (excludes halogenated alkanes) is 4. The van der Waals surface area contributed by atoms with Gasteiger partial charge in [0.25, 0.3) is 0 Å². The van der Waals surface area contributed by atoms with Crippen LogP contribution < -0.4 is 0 Å². The summed E-state index contributed by atoms with van der Waals surface area (Å²) in [5.74, 6) is -0.768. The van der Waals surface area contributed by atoms with Gasteiger partial charge in [-0.05, 0) is 42.7 Å². The molecular formula is C31H30BrNO3. The molecule has 0 atom stereocenters. The molecule has 4 nitrogen and oxygen atoms in total. The average Bonchev–Trinajstić information content (AvgIpc) is 2.91. The highest BCUT2D eigenvalue weighted by Crippen LogP contribution is 2.28. The minimum absolute atomic E-state index is 0.222. The van der Waals surface area contributed by atoms with Crippen molar-refractivity contribution in [3.8, 4) is 11.3 Å². The second-order valence-electron chi connectivity index (χ2n) is 8.94. The Morgan fingerprint density at radius 3 is 2.36 bits per heavy atom. The van der Waals surface area contributed by atoms with Crippen LogP contribution in [0.15, 0.2) is 83.3 Å². The molecule has 0 aliphatic heterocycles. The number of aryl methyl sites for hydroxylation is 1. The molecule has 0 saturated carbocycles. The number of halogens is 1. The highest BCUT2D eigenvalue weighted by Gasteiger charge is 2.17. The number of carbonyl (C=O) groups is 2. The predicted octanol–water partition coefficient (Wildman–Crippen LogP) is 8.22. The van der Waals surface area contributed by atoms with Crippen LogP contribution in [0.4, 0.5) is 0 Å². The van der Waals surface area contributed by atoms with Gasteiger partial charge in [0, 0.05) is 21.0 Å². The molecule has 0 radical (unpaired) electrons. The third-order valence-electron chi connectivity index (χ3n) is 6.24. The number of rotatable bonds is 11. The first kappa shape index (κ1) is 25.8. The first-order valence-corrected chi connectivity index (χ1v) is 13.3. The number of carbonyl (C=O) groups excluding carboxylic acids is 2. The standard InChI is InChI=1S/C31H30BrNO3/c1-2-3-4-5-7-10-22-13-15-24(16-14-22)30(34)21-36-31(35)27-20-29(23-11-8-6-9-12-23)33-28-18-17-25(32)19-26(27)28/h6,8-9,11-20H,2-5,7,10,21H2,1H3. The van der Waals surface area contributed by atoms with E-state index in [9.17, 15) is 9.59 Å². The highest BCUT2D eigenvalue weighted by atomic mass is 79.9. The van der Waals surface area contributed by atoms with E-state index in [1.54, 1.807) is 6.07 Å². The van der Waals surface area contributed by atoms with Gasteiger partial charge in [0.05, 0.1) is 16.8 Å². The van der Waals surface area contributed by atoms with Crippen molar-refractivity contribution in [3.05, 3.63) is 100 Å². The van der Waals surface area contributed by atoms with Crippen molar-refractivity contribution in [1.29, 1.82) is 0 Å². The lowest BCUT2D eigenvalue weighted by atomic mass is 10.0. The van der Waals surface area contributed by atoms with Crippen molar-refractivity contribution in [2.24, 2.45) is 0 Å². The van der Waals surface area contributed by atoms with Crippen molar-refractivity contribution in [3.63, 3.8) is 0 Å². The summed E-state index contributed by atoms with van der Waals surface area (Å²) in [5.41, 5.74) is 4.41. The third kappa shape index (κ3) is 6.67. The Kier molecular flexibility index (Phi) is 9.01. The minimum Gasteiger partial charge on any atom is -0.454 e. The van der Waals surface area contributed by atoms with Crippen LogP contribution in [0, 0.1) is 0 Å². The molecule has 0 unspecified atom stereocenters. The van der Waals surface area contributed by atoms with Crippen molar-refractivity contribution >= 4 is 38.6 Å². The van der Waals surface area contributed by atoms with E-state index < -0.39 is 5.97 Å². The molecule has 0 aliphatic rings. The molecule has 0 spiro atoms. The lowest BCUT2D eigenvalue weighted by Gasteiger charge is -2.11. The van der Waals surface area contributed by atoms with E-state index in [1.807, 2.05) is 72.8 Å². The molecule has 0 fully saturated rings. The number of nitrogens with zero attached hydrogens (tertiary/aromatic N) is 1. The molecule has 184 valence electrons. The first-order valence-electron chi connectivity index (χ1n) is 12.5. The van der Waals surface area contributed by atoms with Crippen LogP contribution in [0.5, 0.6) is 0 Å². The number of fused-ring (bicyclic) bond motifs is 1. The third-order valence-corrected chi connectivity index (χ3v) is 6.73. The number of hydrogen-bond acceptors (Lipinski definition) is 4. The zero-order valence-electron chi connectivity index (χ0n) is 20.5. The van der Waals surface area contributed by atoms with E-state index in [0.29, 0.717) is 27.7 Å². The number of hydrogen-bond donors (Lipinski definition) is 0. The molecule has 0 amide bonds. The topological polar surface area (TPSA) is 56.3 Å². The zero-order valence-corrected chi connectivity index (χ0v) is 22.1. The number of pyridine rings is 1. The molecule has 3 aromatic carbocycles. The maximum Gasteiger partial charge on any atom is 0.339 e. The number of esters is 1. The normalized spacial score (nSPS) is 10.9. The van der Waals surface area contributed by atoms with Crippen LogP contribution in [0.25, 0.3) is 22.2 Å². The molecule has 0 bridgehead atoms. The summed E-state index contributed by atoms with van der Waals surface area (Å²) in [6, 6.07) is 24.6. The molecule has 0 aliphatic carbocycles. The largest absolute Gasteiger partial charge is 0.454 e. The van der Waals surface area contributed by atoms with Crippen LogP contribution in [0.3, 0.4) is 0 Å². The van der Waals surface area contributed by atoms with Gasteiger partial charge >= 0.3 is 5.97 Å². The van der Waals surface area contributed by atoms with E-state index in [4.69, 9.17) is 9.72 Å². The van der Waals surface area contributed by atoms with Crippen LogP contribution >= 0.6 is 15.9 Å². The highest BCUT2D eigenvalue weighted by molar-refractivity contribution is 9.10. The Balaban J connectivity index is 1.45. The minimum atomic E-state index is -0.547. The second-order valence-corrected chi connectivity index (χ2v) is 9.86. The zero-order chi connectivity index (χ0) is 25.3. The number of ether oxygens (including phenoxy) is 1. The average molecular weight is 544 g/mol. The van der Waals surface area contributed by atoms with Crippen LogP contribution in [0.2, 0.25) is 0 Å². The summed E-state index contributed by atoms with van der Waals surface area (Å²) in [6.07, 6.45) is 7.20. The lowest BCUT2D eigenvalue weighted by Crippen LogP contribution is -2.15. The Morgan fingerprint density at radius 1 is 0.861 bits per heavy atom. The van der Waals surface area contributed by atoms with Gasteiger partial charge in [0.15, 0.2) is 12.4 Å². The van der Waals surface area contributed by atoms with Gasteiger partial charge in [-0.3, -0.25) is 4.79 Å². The second kappa shape index (κ2) is 12.6. The number of ketones is 1. The Labute approximate surface area is 220 Å². The van der Waals surface area contributed by atoms with Crippen LogP contribution in [-0.2, 0) is 11.2 Å². The van der Waals surface area contributed by atoms with Crippen molar-refractivity contribution < 1.29 is 14.3 Å². The van der Waals surface area contributed by atoms with Gasteiger partial charge in [-0.2, -0.15) is 0 Å². The molecule has 1 heterocycles. The summed E-state index contributed by atoms with van der Waals surface area (Å²) in [7, 11) is 0. The van der Waals surface area contributed by atoms with Gasteiger partial charge in [-0.15, -0.1) is 0 Å². The fourth-order valence-electron chi connectivity index (χ4n) is 4.21. The summed E-state index contributed by atoms with van der Waals surface area (Å²) >= 11 is 3.47. The Hall–Kier alpha value is -3.31. The van der Waals surface area contributed by atoms with E-state index in [0.717, 1.165) is 22.9 Å². The fourth-order valence-corrected chi connectivity index (χ4v) is 4.57. The van der Waals surface area contributed by atoms with Crippen LogP contribution in [0.1, 0.15) is 65.3 Å². The maximum absolute atomic E-state index is 13.1. The summed E-state index contributed by atoms with van der Waals surface area (Å²) in [5, 5.41) is 0.671. The van der Waals surface area contributed by atoms with E-state index in [-0.39, 0.29) is 12.4 Å². The molecule has 1 aromatic heterocycles. The number of aromatic nitrogens is 1. The molecule has 5 heteroatoms. The summed E-state index contributed by atoms with van der Waals surface area (Å²) < 4.78 is 6.32. The molecular weight excluding hydrogens is 514 g/mol. The van der Waals surface area contributed by atoms with Gasteiger partial charge < -0.3 is 4.74 Å². The number of benzene rings is 3. The molecule has 0 saturated heterocycles. The number of Topliss-reactive ketones (excluding diaryl/α,β-unsaturated/α-hetero) is 1. The molecule has 4 aromatic rings. The summed E-state index contributed by atoms with van der Waals surface area (Å²) in [4.78, 5) is 30.6. The van der Waals surface area contributed by atoms with Gasteiger partial charge in [-0.1, -0.05) is 103 Å². The van der Waals surface area contributed by atoms with E-state index in [1.165, 1.54) is 31.2 Å². The molecule has 36 heavy (non-hydrogen) atoms. The van der Waals surface area contributed by atoms with Gasteiger partial charge in [-0.25, -0.2) is 9.78 Å². The van der Waals surface area contributed by atoms with Gasteiger partial charge in [0.1, 0.15) is 0 Å². The fraction of sp³-hybridized carbons (Fsp3) is 0.258. The van der Waals surface area contributed by atoms with Gasteiger partial charge in [0.2, 0.25) is 0 Å². The quantitative estimate of drug-likeness (QED) is 0.108. The van der Waals surface area contributed by atoms with Crippen LogP contribution in [-0.4, -0.2) is 23.3 Å². The summed E-state index contributed by atoms with van der Waals surface area (Å²) in [6.45, 7) is 1.90. The van der Waals surface area contributed by atoms with E-state index in [2.05, 4.69) is 22.9 Å². The SMILES string of the molecule is CCCCCCCc1ccc(C(=O)COC(=O)c2cc(-c3ccccc3)nc3ccc(Br)cc23)cc1. The predicted molar refractivity (Wildman–Crippen MR) is 148 cm³/mol. The molecule has 0 N–H and O–H groups in total. The Morgan fingerprint density at radius 2 is 1.61 bits per heavy atom. The lowest BCUT2D eigenvalue weighted by molar-refractivity contribution is 0.0476. The van der Waals surface area contributed by atoms with Crippen molar-refractivity contribution in [2.75, 3.05) is 6.61 Å². The monoisotopic (exact) mass is 543 g/mol. The van der Waals surface area contributed by atoms with Crippen molar-refractivity contribution in [2.45, 2.75) is 45.4 Å². The van der Waals surface area contributed by atoms with E-state index >= 15 is 0 Å².